The van der Waals surface area contributed by atoms with Crippen LogP contribution in [-0.2, 0) is 4.79 Å². The van der Waals surface area contributed by atoms with Crippen LogP contribution in [-0.4, -0.2) is 36.2 Å². The summed E-state index contributed by atoms with van der Waals surface area (Å²) in [4.78, 5) is 10.8. The topological polar surface area (TPSA) is 61.4 Å². The Hall–Kier alpha value is -0.610. The summed E-state index contributed by atoms with van der Waals surface area (Å²) < 4.78 is 0. The first kappa shape index (κ1) is 11.9. The Bertz CT molecular complexity index is 268. The van der Waals surface area contributed by atoms with Crippen LogP contribution in [0, 0.1) is 5.41 Å². The smallest absolute Gasteiger partial charge is 0.305 e. The lowest BCUT2D eigenvalue weighted by Gasteiger charge is -2.44. The van der Waals surface area contributed by atoms with Crippen LogP contribution in [0.4, 0.5) is 0 Å². The number of rotatable bonds is 5. The molecule has 0 bridgehead atoms. The molecule has 2 aliphatic rings. The molecule has 3 N–H and O–H groups in total. The highest BCUT2D eigenvalue weighted by Gasteiger charge is 2.40. The van der Waals surface area contributed by atoms with Gasteiger partial charge in [0, 0.05) is 19.6 Å². The minimum Gasteiger partial charge on any atom is -0.481 e. The molecule has 0 unspecified atom stereocenters. The van der Waals surface area contributed by atoms with E-state index in [9.17, 15) is 4.79 Å². The Kier molecular flexibility index (Phi) is 3.22. The summed E-state index contributed by atoms with van der Waals surface area (Å²) in [5.74, 6) is -0.703. The molecule has 0 aromatic carbocycles. The molecule has 1 saturated carbocycles. The van der Waals surface area contributed by atoms with Crippen molar-refractivity contribution >= 4 is 5.97 Å². The number of hydrogen-bond acceptors (Lipinski definition) is 3. The first-order valence-electron chi connectivity index (χ1n) is 6.21. The highest BCUT2D eigenvalue weighted by Crippen LogP contribution is 2.37. The Morgan fingerprint density at radius 2 is 2.00 bits per heavy atom. The van der Waals surface area contributed by atoms with E-state index in [1.54, 1.807) is 0 Å². The molecule has 16 heavy (non-hydrogen) atoms. The number of nitrogens with one attached hydrogen (secondary N) is 2. The standard InChI is InChI=1S/C12H22N2O2/c1-11(4-2-3-5-11)7-14-12(6-10(15)16)8-13-9-12/h13-14H,2-9H2,1H3,(H,15,16). The van der Waals surface area contributed by atoms with Gasteiger partial charge >= 0.3 is 5.97 Å². The van der Waals surface area contributed by atoms with Crippen molar-refractivity contribution in [3.05, 3.63) is 0 Å². The van der Waals surface area contributed by atoms with Gasteiger partial charge in [-0.2, -0.15) is 0 Å². The van der Waals surface area contributed by atoms with Gasteiger partial charge in [-0.15, -0.1) is 0 Å². The average Bonchev–Trinajstić information content (AvgIpc) is 2.57. The van der Waals surface area contributed by atoms with E-state index in [1.165, 1.54) is 25.7 Å². The van der Waals surface area contributed by atoms with Gasteiger partial charge in [-0.1, -0.05) is 19.8 Å². The Morgan fingerprint density at radius 1 is 1.38 bits per heavy atom. The van der Waals surface area contributed by atoms with Gasteiger partial charge in [-0.25, -0.2) is 0 Å². The van der Waals surface area contributed by atoms with Crippen LogP contribution in [0.3, 0.4) is 0 Å². The minimum atomic E-state index is -0.703. The summed E-state index contributed by atoms with van der Waals surface area (Å²) >= 11 is 0. The van der Waals surface area contributed by atoms with Gasteiger partial charge in [-0.3, -0.25) is 4.79 Å². The largest absolute Gasteiger partial charge is 0.481 e. The number of carbonyl (C=O) groups is 1. The second-order valence-corrected chi connectivity index (χ2v) is 5.83. The lowest BCUT2D eigenvalue weighted by Crippen LogP contribution is -2.69. The van der Waals surface area contributed by atoms with Crippen LogP contribution in [0.25, 0.3) is 0 Å². The highest BCUT2D eigenvalue weighted by atomic mass is 16.4. The van der Waals surface area contributed by atoms with E-state index in [0.29, 0.717) is 5.41 Å². The van der Waals surface area contributed by atoms with Gasteiger partial charge in [-0.05, 0) is 18.3 Å². The summed E-state index contributed by atoms with van der Waals surface area (Å²) in [5, 5.41) is 15.6. The van der Waals surface area contributed by atoms with E-state index in [-0.39, 0.29) is 12.0 Å². The number of hydrogen-bond donors (Lipinski definition) is 3. The molecule has 92 valence electrons. The van der Waals surface area contributed by atoms with E-state index in [4.69, 9.17) is 5.11 Å². The zero-order valence-electron chi connectivity index (χ0n) is 10.0. The van der Waals surface area contributed by atoms with Crippen LogP contribution >= 0.6 is 0 Å². The molecular formula is C12H22N2O2. The molecule has 0 radical (unpaired) electrons. The van der Waals surface area contributed by atoms with Crippen LogP contribution in [0.15, 0.2) is 0 Å². The van der Waals surface area contributed by atoms with E-state index >= 15 is 0 Å². The van der Waals surface area contributed by atoms with Gasteiger partial charge in [0.15, 0.2) is 0 Å². The first-order chi connectivity index (χ1) is 7.54. The molecule has 1 saturated heterocycles. The maximum Gasteiger partial charge on any atom is 0.305 e. The normalized spacial score (nSPS) is 26.3. The second-order valence-electron chi connectivity index (χ2n) is 5.83. The van der Waals surface area contributed by atoms with Crippen LogP contribution < -0.4 is 10.6 Å². The Labute approximate surface area is 96.8 Å². The molecule has 0 spiro atoms. The molecule has 2 rings (SSSR count). The van der Waals surface area contributed by atoms with Gasteiger partial charge < -0.3 is 15.7 Å². The molecule has 0 aromatic heterocycles. The second kappa shape index (κ2) is 4.34. The van der Waals surface area contributed by atoms with Crippen molar-refractivity contribution in [3.63, 3.8) is 0 Å². The van der Waals surface area contributed by atoms with E-state index in [2.05, 4.69) is 17.6 Å². The van der Waals surface area contributed by atoms with Crippen LogP contribution in [0.2, 0.25) is 0 Å². The lowest BCUT2D eigenvalue weighted by atomic mass is 9.84. The third kappa shape index (κ3) is 2.55. The summed E-state index contributed by atoms with van der Waals surface area (Å²) in [7, 11) is 0. The summed E-state index contributed by atoms with van der Waals surface area (Å²) in [6, 6.07) is 0. The van der Waals surface area contributed by atoms with Crippen molar-refractivity contribution in [3.8, 4) is 0 Å². The molecule has 1 aliphatic heterocycles. The van der Waals surface area contributed by atoms with Crippen molar-refractivity contribution in [2.24, 2.45) is 5.41 Å². The lowest BCUT2D eigenvalue weighted by molar-refractivity contribution is -0.139. The molecule has 0 amide bonds. The molecule has 1 heterocycles. The molecule has 4 nitrogen and oxygen atoms in total. The molecule has 2 fully saturated rings. The van der Waals surface area contributed by atoms with Crippen molar-refractivity contribution < 1.29 is 9.90 Å². The zero-order valence-corrected chi connectivity index (χ0v) is 10.0. The van der Waals surface area contributed by atoms with Crippen LogP contribution in [0.5, 0.6) is 0 Å². The molecule has 4 heteroatoms. The summed E-state index contributed by atoms with van der Waals surface area (Å²) in [6.07, 6.45) is 5.42. The third-order valence-electron chi connectivity index (χ3n) is 4.12. The highest BCUT2D eigenvalue weighted by molar-refractivity contribution is 5.68. The molecule has 0 aromatic rings. The minimum absolute atomic E-state index is 0.183. The fourth-order valence-corrected chi connectivity index (χ4v) is 2.83. The Balaban J connectivity index is 1.85. The monoisotopic (exact) mass is 226 g/mol. The van der Waals surface area contributed by atoms with E-state index in [0.717, 1.165) is 19.6 Å². The predicted octanol–water partition coefficient (Wildman–Crippen LogP) is 0.973. The maximum atomic E-state index is 10.8. The third-order valence-corrected chi connectivity index (χ3v) is 4.12. The SMILES string of the molecule is CC1(CNC2(CC(=O)O)CNC2)CCCC1. The number of aliphatic carboxylic acids is 1. The van der Waals surface area contributed by atoms with E-state index < -0.39 is 5.97 Å². The number of carboxylic acid groups (broad SMARTS) is 1. The zero-order chi connectivity index (χ0) is 11.6. The van der Waals surface area contributed by atoms with Gasteiger partial charge in [0.1, 0.15) is 0 Å². The van der Waals surface area contributed by atoms with Crippen molar-refractivity contribution in [1.82, 2.24) is 10.6 Å². The van der Waals surface area contributed by atoms with Gasteiger partial charge in [0.05, 0.1) is 12.0 Å². The molecular weight excluding hydrogens is 204 g/mol. The van der Waals surface area contributed by atoms with Gasteiger partial charge in [0.2, 0.25) is 0 Å². The maximum absolute atomic E-state index is 10.8. The summed E-state index contributed by atoms with van der Waals surface area (Å²) in [6.45, 7) is 4.85. The molecule has 1 aliphatic carbocycles. The average molecular weight is 226 g/mol. The quantitative estimate of drug-likeness (QED) is 0.654. The van der Waals surface area contributed by atoms with Gasteiger partial charge in [0.25, 0.3) is 0 Å². The first-order valence-corrected chi connectivity index (χ1v) is 6.21. The predicted molar refractivity (Wildman–Crippen MR) is 62.4 cm³/mol. The van der Waals surface area contributed by atoms with Crippen molar-refractivity contribution in [2.75, 3.05) is 19.6 Å². The Morgan fingerprint density at radius 3 is 2.44 bits per heavy atom. The fraction of sp³-hybridized carbons (Fsp3) is 0.917. The summed E-state index contributed by atoms with van der Waals surface area (Å²) in [5.41, 5.74) is 0.207. The number of carboxylic acids is 1. The van der Waals surface area contributed by atoms with Crippen LogP contribution in [0.1, 0.15) is 39.0 Å². The van der Waals surface area contributed by atoms with Crippen molar-refractivity contribution in [2.45, 2.75) is 44.6 Å². The molecule has 0 atom stereocenters. The van der Waals surface area contributed by atoms with E-state index in [1.807, 2.05) is 0 Å². The fourth-order valence-electron chi connectivity index (χ4n) is 2.83. The van der Waals surface area contributed by atoms with Crippen molar-refractivity contribution in [1.29, 1.82) is 0 Å².